The number of hydrogen-bond acceptors (Lipinski definition) is 6. The van der Waals surface area contributed by atoms with Crippen molar-refractivity contribution in [2.75, 3.05) is 25.4 Å². The lowest BCUT2D eigenvalue weighted by molar-refractivity contribution is 0.0772. The molecule has 17 heavy (non-hydrogen) atoms. The van der Waals surface area contributed by atoms with E-state index in [0.717, 1.165) is 42.0 Å². The van der Waals surface area contributed by atoms with Gasteiger partial charge in [0.15, 0.2) is 4.34 Å². The third-order valence-electron chi connectivity index (χ3n) is 1.96. The second-order valence-electron chi connectivity index (χ2n) is 3.98. The Balaban J connectivity index is 1.88. The third-order valence-corrected chi connectivity index (χ3v) is 3.89. The second kappa shape index (κ2) is 8.85. The van der Waals surface area contributed by atoms with Gasteiger partial charge in [0.05, 0.1) is 6.10 Å². The molecule has 1 rings (SSSR count). The SMILES string of the molecule is Cc1nsc(SCCNCCCOC(C)C)n1. The molecule has 0 atom stereocenters. The zero-order chi connectivity index (χ0) is 12.5. The molecule has 1 heterocycles. The average molecular weight is 275 g/mol. The van der Waals surface area contributed by atoms with Crippen LogP contribution in [-0.4, -0.2) is 40.9 Å². The van der Waals surface area contributed by atoms with Crippen molar-refractivity contribution in [3.8, 4) is 0 Å². The minimum absolute atomic E-state index is 0.339. The van der Waals surface area contributed by atoms with Crippen molar-refractivity contribution < 1.29 is 4.74 Å². The lowest BCUT2D eigenvalue weighted by atomic mass is 10.4. The molecule has 0 aliphatic heterocycles. The highest BCUT2D eigenvalue weighted by Gasteiger charge is 2.00. The molecule has 1 aromatic rings. The van der Waals surface area contributed by atoms with Gasteiger partial charge in [-0.1, -0.05) is 11.8 Å². The maximum absolute atomic E-state index is 5.46. The Morgan fingerprint density at radius 3 is 2.88 bits per heavy atom. The van der Waals surface area contributed by atoms with Gasteiger partial charge in [-0.2, -0.15) is 4.37 Å². The fraction of sp³-hybridized carbons (Fsp3) is 0.818. The highest BCUT2D eigenvalue weighted by molar-refractivity contribution is 8.00. The Hall–Kier alpha value is -0.170. The van der Waals surface area contributed by atoms with Crippen molar-refractivity contribution in [3.63, 3.8) is 0 Å². The van der Waals surface area contributed by atoms with Crippen LogP contribution >= 0.6 is 23.3 Å². The lowest BCUT2D eigenvalue weighted by Gasteiger charge is -2.07. The Bertz CT molecular complexity index is 305. The van der Waals surface area contributed by atoms with Gasteiger partial charge in [0.1, 0.15) is 5.82 Å². The summed E-state index contributed by atoms with van der Waals surface area (Å²) in [6, 6.07) is 0. The largest absolute Gasteiger partial charge is 0.379 e. The molecule has 0 aromatic carbocycles. The second-order valence-corrected chi connectivity index (χ2v) is 6.07. The standard InChI is InChI=1S/C11H21N3OS2/c1-9(2)15-7-4-5-12-6-8-16-11-13-10(3)14-17-11/h9,12H,4-8H2,1-3H3. The van der Waals surface area contributed by atoms with E-state index in [1.54, 1.807) is 11.8 Å². The van der Waals surface area contributed by atoms with Crippen LogP contribution in [0.4, 0.5) is 0 Å². The highest BCUT2D eigenvalue weighted by Crippen LogP contribution is 2.18. The van der Waals surface area contributed by atoms with Gasteiger partial charge in [-0.05, 0) is 45.3 Å². The van der Waals surface area contributed by atoms with Crippen molar-refractivity contribution in [1.29, 1.82) is 0 Å². The number of nitrogens with zero attached hydrogens (tertiary/aromatic N) is 2. The Morgan fingerprint density at radius 1 is 1.41 bits per heavy atom. The Morgan fingerprint density at radius 2 is 2.24 bits per heavy atom. The molecule has 0 bridgehead atoms. The van der Waals surface area contributed by atoms with Crippen LogP contribution in [0.25, 0.3) is 0 Å². The van der Waals surface area contributed by atoms with Crippen molar-refractivity contribution >= 4 is 23.3 Å². The predicted molar refractivity (Wildman–Crippen MR) is 73.9 cm³/mol. The van der Waals surface area contributed by atoms with Crippen molar-refractivity contribution in [3.05, 3.63) is 5.82 Å². The normalized spacial score (nSPS) is 11.3. The molecule has 0 fully saturated rings. The first-order chi connectivity index (χ1) is 8.18. The number of aromatic nitrogens is 2. The van der Waals surface area contributed by atoms with Gasteiger partial charge < -0.3 is 10.1 Å². The molecule has 0 spiro atoms. The van der Waals surface area contributed by atoms with Gasteiger partial charge in [-0.25, -0.2) is 4.98 Å². The molecule has 1 N–H and O–H groups in total. The molecule has 0 saturated heterocycles. The topological polar surface area (TPSA) is 47.0 Å². The van der Waals surface area contributed by atoms with Crippen LogP contribution in [0.5, 0.6) is 0 Å². The van der Waals surface area contributed by atoms with E-state index in [0.29, 0.717) is 6.10 Å². The fourth-order valence-electron chi connectivity index (χ4n) is 1.19. The molecule has 0 radical (unpaired) electrons. The van der Waals surface area contributed by atoms with Crippen LogP contribution < -0.4 is 5.32 Å². The van der Waals surface area contributed by atoms with Crippen molar-refractivity contribution in [1.82, 2.24) is 14.7 Å². The van der Waals surface area contributed by atoms with Gasteiger partial charge in [0.25, 0.3) is 0 Å². The van der Waals surface area contributed by atoms with Crippen LogP contribution in [-0.2, 0) is 4.74 Å². The number of ether oxygens (including phenoxy) is 1. The molecule has 0 amide bonds. The molecule has 1 aromatic heterocycles. The average Bonchev–Trinajstić information content (AvgIpc) is 2.68. The molecular weight excluding hydrogens is 254 g/mol. The predicted octanol–water partition coefficient (Wildman–Crippen LogP) is 2.34. The van der Waals surface area contributed by atoms with Gasteiger partial charge >= 0.3 is 0 Å². The quantitative estimate of drug-likeness (QED) is 0.554. The number of nitrogens with one attached hydrogen (secondary N) is 1. The monoisotopic (exact) mass is 275 g/mol. The lowest BCUT2D eigenvalue weighted by Crippen LogP contribution is -2.20. The summed E-state index contributed by atoms with van der Waals surface area (Å²) in [6.07, 6.45) is 1.41. The molecule has 0 saturated carbocycles. The van der Waals surface area contributed by atoms with Gasteiger partial charge in [0.2, 0.25) is 0 Å². The molecule has 4 nitrogen and oxygen atoms in total. The fourth-order valence-corrected chi connectivity index (χ4v) is 2.80. The summed E-state index contributed by atoms with van der Waals surface area (Å²) in [5.74, 6) is 1.91. The molecule has 98 valence electrons. The van der Waals surface area contributed by atoms with E-state index in [9.17, 15) is 0 Å². The molecular formula is C11H21N3OS2. The van der Waals surface area contributed by atoms with Crippen molar-refractivity contribution in [2.24, 2.45) is 0 Å². The summed E-state index contributed by atoms with van der Waals surface area (Å²) in [5, 5.41) is 3.39. The highest BCUT2D eigenvalue weighted by atomic mass is 32.2. The summed E-state index contributed by atoms with van der Waals surface area (Å²) in [4.78, 5) is 4.30. The molecule has 0 aliphatic carbocycles. The van der Waals surface area contributed by atoms with Crippen LogP contribution in [0.2, 0.25) is 0 Å². The first kappa shape index (κ1) is 14.9. The minimum Gasteiger partial charge on any atom is -0.379 e. The van der Waals surface area contributed by atoms with E-state index in [2.05, 4.69) is 28.5 Å². The number of rotatable bonds is 9. The van der Waals surface area contributed by atoms with E-state index < -0.39 is 0 Å². The van der Waals surface area contributed by atoms with Gasteiger partial charge in [0, 0.05) is 18.9 Å². The van der Waals surface area contributed by atoms with E-state index in [1.165, 1.54) is 11.5 Å². The number of thioether (sulfide) groups is 1. The smallest absolute Gasteiger partial charge is 0.170 e. The molecule has 0 aliphatic rings. The molecule has 6 heteroatoms. The van der Waals surface area contributed by atoms with Crippen molar-refractivity contribution in [2.45, 2.75) is 37.6 Å². The number of hydrogen-bond donors (Lipinski definition) is 1. The van der Waals surface area contributed by atoms with Gasteiger partial charge in [-0.3, -0.25) is 0 Å². The van der Waals surface area contributed by atoms with E-state index in [1.807, 2.05) is 6.92 Å². The first-order valence-corrected chi connectivity index (χ1v) is 7.70. The van der Waals surface area contributed by atoms with Gasteiger partial charge in [-0.15, -0.1) is 0 Å². The summed E-state index contributed by atoms with van der Waals surface area (Å²) >= 11 is 3.24. The van der Waals surface area contributed by atoms with E-state index in [4.69, 9.17) is 4.74 Å². The summed E-state index contributed by atoms with van der Waals surface area (Å²) in [6.45, 7) is 8.91. The summed E-state index contributed by atoms with van der Waals surface area (Å²) < 4.78 is 10.7. The maximum Gasteiger partial charge on any atom is 0.170 e. The zero-order valence-corrected chi connectivity index (χ0v) is 12.4. The van der Waals surface area contributed by atoms with Crippen LogP contribution in [0.3, 0.4) is 0 Å². The summed E-state index contributed by atoms with van der Waals surface area (Å²) in [5.41, 5.74) is 0. The third kappa shape index (κ3) is 7.70. The molecule has 0 unspecified atom stereocenters. The van der Waals surface area contributed by atoms with Crippen LogP contribution in [0.15, 0.2) is 4.34 Å². The maximum atomic E-state index is 5.46. The van der Waals surface area contributed by atoms with E-state index >= 15 is 0 Å². The Labute approximate surface area is 112 Å². The number of aryl methyl sites for hydroxylation is 1. The zero-order valence-electron chi connectivity index (χ0n) is 10.7. The van der Waals surface area contributed by atoms with E-state index in [-0.39, 0.29) is 0 Å². The summed E-state index contributed by atoms with van der Waals surface area (Å²) in [7, 11) is 0. The van der Waals surface area contributed by atoms with Crippen LogP contribution in [0.1, 0.15) is 26.1 Å². The van der Waals surface area contributed by atoms with Crippen LogP contribution in [0, 0.1) is 6.92 Å². The Kier molecular flexibility index (Phi) is 7.75. The minimum atomic E-state index is 0.339. The first-order valence-electron chi connectivity index (χ1n) is 5.94.